The maximum absolute atomic E-state index is 13.0. The fraction of sp³-hybridized carbons (Fsp3) is 0.471. The molecule has 1 aromatic carbocycles. The third-order valence-electron chi connectivity index (χ3n) is 4.78. The SMILES string of the molecule is COc1cccc(C2CCCN(S(=O)(=O)n3cc[n+](C)c3C)C2)c1. The number of rotatable bonds is 4. The Kier molecular flexibility index (Phi) is 4.64. The first kappa shape index (κ1) is 17.0. The van der Waals surface area contributed by atoms with Crippen LogP contribution in [0, 0.1) is 6.92 Å². The Bertz CT molecular complexity index is 829. The van der Waals surface area contributed by atoms with Crippen molar-refractivity contribution in [3.8, 4) is 5.75 Å². The molecule has 1 aliphatic heterocycles. The van der Waals surface area contributed by atoms with Gasteiger partial charge in [0.25, 0.3) is 5.82 Å². The zero-order valence-electron chi connectivity index (χ0n) is 14.3. The zero-order chi connectivity index (χ0) is 17.3. The third kappa shape index (κ3) is 3.06. The van der Waals surface area contributed by atoms with E-state index < -0.39 is 10.2 Å². The molecule has 6 nitrogen and oxygen atoms in total. The lowest BCUT2D eigenvalue weighted by Gasteiger charge is -2.30. The summed E-state index contributed by atoms with van der Waals surface area (Å²) in [6, 6.07) is 7.91. The van der Waals surface area contributed by atoms with E-state index in [1.165, 1.54) is 3.97 Å². The van der Waals surface area contributed by atoms with Crippen LogP contribution in [0.5, 0.6) is 5.75 Å². The van der Waals surface area contributed by atoms with Gasteiger partial charge in [-0.05, 0) is 36.5 Å². The number of aromatic nitrogens is 2. The molecule has 0 amide bonds. The van der Waals surface area contributed by atoms with E-state index >= 15 is 0 Å². The maximum atomic E-state index is 13.0. The highest BCUT2D eigenvalue weighted by Gasteiger charge is 2.35. The van der Waals surface area contributed by atoms with Gasteiger partial charge in [-0.1, -0.05) is 12.1 Å². The number of piperidine rings is 1. The van der Waals surface area contributed by atoms with E-state index in [1.54, 1.807) is 35.3 Å². The second-order valence-corrected chi connectivity index (χ2v) is 8.04. The highest BCUT2D eigenvalue weighted by atomic mass is 32.2. The minimum atomic E-state index is -3.53. The first-order chi connectivity index (χ1) is 11.4. The second-order valence-electron chi connectivity index (χ2n) is 6.23. The van der Waals surface area contributed by atoms with Crippen molar-refractivity contribution in [2.24, 2.45) is 7.05 Å². The van der Waals surface area contributed by atoms with Gasteiger partial charge in [0.15, 0.2) is 0 Å². The van der Waals surface area contributed by atoms with Crippen LogP contribution in [0.1, 0.15) is 30.1 Å². The van der Waals surface area contributed by atoms with Crippen molar-refractivity contribution < 1.29 is 17.7 Å². The molecule has 130 valence electrons. The van der Waals surface area contributed by atoms with Crippen LogP contribution in [0.4, 0.5) is 0 Å². The van der Waals surface area contributed by atoms with Gasteiger partial charge < -0.3 is 4.74 Å². The number of benzene rings is 1. The van der Waals surface area contributed by atoms with Gasteiger partial charge in [0, 0.05) is 20.0 Å². The summed E-state index contributed by atoms with van der Waals surface area (Å²) < 4.78 is 36.0. The minimum absolute atomic E-state index is 0.188. The van der Waals surface area contributed by atoms with Gasteiger partial charge in [0.1, 0.15) is 18.1 Å². The van der Waals surface area contributed by atoms with E-state index in [0.29, 0.717) is 18.9 Å². The third-order valence-corrected chi connectivity index (χ3v) is 6.65. The van der Waals surface area contributed by atoms with Crippen molar-refractivity contribution in [3.63, 3.8) is 0 Å². The van der Waals surface area contributed by atoms with Gasteiger partial charge in [0.2, 0.25) is 0 Å². The molecule has 2 heterocycles. The van der Waals surface area contributed by atoms with Crippen LogP contribution < -0.4 is 9.30 Å². The lowest BCUT2D eigenvalue weighted by atomic mass is 9.91. The molecule has 1 unspecified atom stereocenters. The standard InChI is InChI=1S/C17H24N3O3S/c1-14-18(2)10-11-20(14)24(21,22)19-9-5-7-16(13-19)15-6-4-8-17(12-15)23-3/h4,6,8,10-12,16H,5,7,9,13H2,1-3H3/q+1. The van der Waals surface area contributed by atoms with Crippen molar-refractivity contribution in [1.82, 2.24) is 8.28 Å². The molecule has 0 bridgehead atoms. The van der Waals surface area contributed by atoms with Crippen LogP contribution >= 0.6 is 0 Å². The van der Waals surface area contributed by atoms with E-state index in [1.807, 2.05) is 31.3 Å². The van der Waals surface area contributed by atoms with E-state index in [-0.39, 0.29) is 5.92 Å². The topological polar surface area (TPSA) is 55.4 Å². The Labute approximate surface area is 143 Å². The number of hydrogen-bond donors (Lipinski definition) is 0. The van der Waals surface area contributed by atoms with Crippen LogP contribution in [-0.4, -0.2) is 36.9 Å². The zero-order valence-corrected chi connectivity index (χ0v) is 15.2. The first-order valence-electron chi connectivity index (χ1n) is 8.11. The van der Waals surface area contributed by atoms with Gasteiger partial charge in [-0.25, -0.2) is 4.57 Å². The van der Waals surface area contributed by atoms with E-state index in [0.717, 1.165) is 24.2 Å². The molecule has 0 N–H and O–H groups in total. The second kappa shape index (κ2) is 6.57. The van der Waals surface area contributed by atoms with Crippen molar-refractivity contribution in [2.75, 3.05) is 20.2 Å². The normalized spacial score (nSPS) is 19.4. The highest BCUT2D eigenvalue weighted by Crippen LogP contribution is 2.30. The molecule has 0 spiro atoms. The average Bonchev–Trinajstić information content (AvgIpc) is 2.95. The smallest absolute Gasteiger partial charge is 0.380 e. The molecule has 1 aliphatic rings. The fourth-order valence-electron chi connectivity index (χ4n) is 3.22. The molecule has 3 rings (SSSR count). The Balaban J connectivity index is 1.86. The summed E-state index contributed by atoms with van der Waals surface area (Å²) in [5, 5.41) is 0. The van der Waals surface area contributed by atoms with Crippen molar-refractivity contribution in [3.05, 3.63) is 48.0 Å². The molecular weight excluding hydrogens is 326 g/mol. The molecule has 0 saturated carbocycles. The number of imidazole rings is 1. The van der Waals surface area contributed by atoms with Gasteiger partial charge in [-0.2, -0.15) is 12.7 Å². The Morgan fingerprint density at radius 2 is 2.12 bits per heavy atom. The summed E-state index contributed by atoms with van der Waals surface area (Å²) in [6.45, 7) is 2.86. The molecule has 1 fully saturated rings. The van der Waals surface area contributed by atoms with E-state index in [9.17, 15) is 8.42 Å². The molecule has 1 aromatic heterocycles. The number of aryl methyl sites for hydroxylation is 1. The van der Waals surface area contributed by atoms with E-state index in [2.05, 4.69) is 0 Å². The van der Waals surface area contributed by atoms with Gasteiger partial charge in [0.05, 0.1) is 14.2 Å². The predicted octanol–water partition coefficient (Wildman–Crippen LogP) is 1.60. The quantitative estimate of drug-likeness (QED) is 0.787. The summed E-state index contributed by atoms with van der Waals surface area (Å²) >= 11 is 0. The molecule has 0 aliphatic carbocycles. The summed E-state index contributed by atoms with van der Waals surface area (Å²) in [7, 11) is -0.0423. The molecule has 1 atom stereocenters. The summed E-state index contributed by atoms with van der Waals surface area (Å²) in [5.74, 6) is 1.69. The van der Waals surface area contributed by atoms with Crippen LogP contribution in [0.25, 0.3) is 0 Å². The van der Waals surface area contributed by atoms with Crippen LogP contribution in [0.2, 0.25) is 0 Å². The molecule has 1 saturated heterocycles. The Morgan fingerprint density at radius 1 is 1.33 bits per heavy atom. The van der Waals surface area contributed by atoms with Crippen LogP contribution in [0.15, 0.2) is 36.7 Å². The van der Waals surface area contributed by atoms with Crippen LogP contribution in [-0.2, 0) is 17.3 Å². The number of nitrogens with zero attached hydrogens (tertiary/aromatic N) is 3. The van der Waals surface area contributed by atoms with Crippen LogP contribution in [0.3, 0.4) is 0 Å². The first-order valence-corrected chi connectivity index (χ1v) is 9.51. The number of ether oxygens (including phenoxy) is 1. The minimum Gasteiger partial charge on any atom is -0.497 e. The summed E-state index contributed by atoms with van der Waals surface area (Å²) in [5.41, 5.74) is 1.13. The average molecular weight is 350 g/mol. The van der Waals surface area contributed by atoms with Crippen molar-refractivity contribution in [1.29, 1.82) is 0 Å². The number of hydrogen-bond acceptors (Lipinski definition) is 3. The molecular formula is C17H24N3O3S+. The molecule has 7 heteroatoms. The largest absolute Gasteiger partial charge is 0.497 e. The summed E-state index contributed by atoms with van der Waals surface area (Å²) in [4.78, 5) is 0. The Hall–Kier alpha value is -1.86. The monoisotopic (exact) mass is 350 g/mol. The molecule has 0 radical (unpaired) electrons. The lowest BCUT2D eigenvalue weighted by Crippen LogP contribution is -2.43. The Morgan fingerprint density at radius 3 is 2.79 bits per heavy atom. The number of methoxy groups -OCH3 is 1. The maximum Gasteiger partial charge on any atom is 0.380 e. The molecule has 2 aromatic rings. The van der Waals surface area contributed by atoms with Gasteiger partial charge >= 0.3 is 10.2 Å². The fourth-order valence-corrected chi connectivity index (χ4v) is 4.87. The lowest BCUT2D eigenvalue weighted by molar-refractivity contribution is -0.676. The van der Waals surface area contributed by atoms with Gasteiger partial charge in [-0.3, -0.25) is 0 Å². The highest BCUT2D eigenvalue weighted by molar-refractivity contribution is 7.87. The van der Waals surface area contributed by atoms with Crippen molar-refractivity contribution >= 4 is 10.2 Å². The molecule has 24 heavy (non-hydrogen) atoms. The van der Waals surface area contributed by atoms with Crippen molar-refractivity contribution in [2.45, 2.75) is 25.7 Å². The van der Waals surface area contributed by atoms with E-state index in [4.69, 9.17) is 4.74 Å². The van der Waals surface area contributed by atoms with Gasteiger partial charge in [-0.15, -0.1) is 3.97 Å². The summed E-state index contributed by atoms with van der Waals surface area (Å²) in [6.07, 6.45) is 5.21. The predicted molar refractivity (Wildman–Crippen MR) is 91.2 cm³/mol.